The monoisotopic (exact) mass is 449 g/mol. The van der Waals surface area contributed by atoms with E-state index in [0.717, 1.165) is 28.4 Å². The molecule has 0 aliphatic rings. The molecule has 8 heteroatoms. The van der Waals surface area contributed by atoms with Gasteiger partial charge in [0.1, 0.15) is 9.71 Å². The van der Waals surface area contributed by atoms with Crippen LogP contribution in [0.2, 0.25) is 0 Å². The molecular weight excluding hydrogens is 426 g/mol. The number of carbonyl (C=O) groups is 2. The molecule has 164 valence electrons. The molecule has 1 aromatic carbocycles. The Bertz CT molecular complexity index is 1400. The van der Waals surface area contributed by atoms with Crippen LogP contribution in [-0.2, 0) is 11.3 Å². The first-order valence-electron chi connectivity index (χ1n) is 10.3. The zero-order valence-corrected chi connectivity index (χ0v) is 19.2. The van der Waals surface area contributed by atoms with E-state index in [1.807, 2.05) is 54.8 Å². The number of aromatic nitrogens is 3. The molecule has 32 heavy (non-hydrogen) atoms. The van der Waals surface area contributed by atoms with Crippen LogP contribution in [0.1, 0.15) is 43.9 Å². The number of esters is 1. The first-order chi connectivity index (χ1) is 15.3. The van der Waals surface area contributed by atoms with Crippen molar-refractivity contribution in [2.24, 2.45) is 0 Å². The van der Waals surface area contributed by atoms with Crippen LogP contribution in [0, 0.1) is 20.8 Å². The van der Waals surface area contributed by atoms with Crippen LogP contribution >= 0.6 is 11.3 Å². The predicted molar refractivity (Wildman–Crippen MR) is 124 cm³/mol. The van der Waals surface area contributed by atoms with Crippen LogP contribution in [0.5, 0.6) is 0 Å². The second kappa shape index (κ2) is 8.55. The quantitative estimate of drug-likeness (QED) is 0.325. The minimum Gasteiger partial charge on any atom is -0.462 e. The first-order valence-corrected chi connectivity index (χ1v) is 11.1. The van der Waals surface area contributed by atoms with Crippen LogP contribution in [0.25, 0.3) is 15.9 Å². The second-order valence-electron chi connectivity index (χ2n) is 7.51. The largest absolute Gasteiger partial charge is 0.462 e. The number of hydrogen-bond acceptors (Lipinski definition) is 6. The Labute approximate surface area is 188 Å². The molecule has 0 N–H and O–H groups in total. The van der Waals surface area contributed by atoms with Gasteiger partial charge in [-0.2, -0.15) is 0 Å². The van der Waals surface area contributed by atoms with Crippen molar-refractivity contribution >= 4 is 33.3 Å². The van der Waals surface area contributed by atoms with E-state index in [2.05, 4.69) is 4.98 Å². The van der Waals surface area contributed by atoms with Crippen molar-refractivity contribution in [1.82, 2.24) is 14.1 Å². The minimum absolute atomic E-state index is 0.134. The number of para-hydroxylation sites is 1. The summed E-state index contributed by atoms with van der Waals surface area (Å²) in [6, 6.07) is 11.7. The zero-order chi connectivity index (χ0) is 23.0. The highest BCUT2D eigenvalue weighted by Crippen LogP contribution is 2.27. The number of ketones is 1. The average molecular weight is 450 g/mol. The number of rotatable bonds is 6. The third-order valence-electron chi connectivity index (χ3n) is 5.44. The second-order valence-corrected chi connectivity index (χ2v) is 8.51. The van der Waals surface area contributed by atoms with Gasteiger partial charge in [-0.05, 0) is 51.5 Å². The van der Waals surface area contributed by atoms with E-state index < -0.39 is 5.97 Å². The lowest BCUT2D eigenvalue weighted by Crippen LogP contribution is -2.25. The standard InChI is InChI=1S/C24H23N3O4S/c1-5-31-24(30)21-15(3)20-22(32-21)25-13-26(23(20)29)12-19(28)18-11-14(2)27(16(18)4)17-9-7-6-8-10-17/h6-11,13H,5,12H2,1-4H3. The van der Waals surface area contributed by atoms with Crippen LogP contribution in [0.4, 0.5) is 0 Å². The maximum atomic E-state index is 13.1. The fourth-order valence-corrected chi connectivity index (χ4v) is 4.96. The number of thiophene rings is 1. The molecule has 0 atom stereocenters. The summed E-state index contributed by atoms with van der Waals surface area (Å²) in [4.78, 5) is 43.6. The van der Waals surface area contributed by atoms with Gasteiger partial charge >= 0.3 is 5.97 Å². The number of aryl methyl sites for hydroxylation is 2. The average Bonchev–Trinajstić information content (AvgIpc) is 3.27. The van der Waals surface area contributed by atoms with Crippen molar-refractivity contribution in [3.8, 4) is 5.69 Å². The highest BCUT2D eigenvalue weighted by molar-refractivity contribution is 7.20. The number of hydrogen-bond donors (Lipinski definition) is 0. The molecule has 0 saturated heterocycles. The van der Waals surface area contributed by atoms with Gasteiger partial charge < -0.3 is 9.30 Å². The summed E-state index contributed by atoms with van der Waals surface area (Å²) >= 11 is 1.13. The minimum atomic E-state index is -0.469. The molecule has 4 aromatic rings. The molecule has 3 heterocycles. The fraction of sp³-hybridized carbons (Fsp3) is 0.250. The summed E-state index contributed by atoms with van der Waals surface area (Å²) in [5.74, 6) is -0.648. The van der Waals surface area contributed by atoms with Crippen molar-refractivity contribution < 1.29 is 14.3 Å². The molecule has 0 amide bonds. The van der Waals surface area contributed by atoms with Crippen LogP contribution in [0.3, 0.4) is 0 Å². The van der Waals surface area contributed by atoms with Crippen LogP contribution in [0.15, 0.2) is 47.5 Å². The molecule has 7 nitrogen and oxygen atoms in total. The van der Waals surface area contributed by atoms with Crippen molar-refractivity contribution in [3.05, 3.63) is 80.5 Å². The molecule has 0 radical (unpaired) electrons. The Morgan fingerprint density at radius 2 is 1.84 bits per heavy atom. The molecule has 0 unspecified atom stereocenters. The van der Waals surface area contributed by atoms with Gasteiger partial charge in [-0.3, -0.25) is 14.2 Å². The number of nitrogens with zero attached hydrogens (tertiary/aromatic N) is 3. The van der Waals surface area contributed by atoms with Gasteiger partial charge in [-0.25, -0.2) is 9.78 Å². The Hall–Kier alpha value is -3.52. The normalized spacial score (nSPS) is 11.1. The maximum absolute atomic E-state index is 13.1. The number of ether oxygens (including phenoxy) is 1. The van der Waals surface area contributed by atoms with Crippen molar-refractivity contribution in [3.63, 3.8) is 0 Å². The maximum Gasteiger partial charge on any atom is 0.348 e. The molecule has 3 aromatic heterocycles. The molecule has 0 aliphatic carbocycles. The smallest absolute Gasteiger partial charge is 0.348 e. The molecule has 0 saturated carbocycles. The highest BCUT2D eigenvalue weighted by Gasteiger charge is 2.22. The summed E-state index contributed by atoms with van der Waals surface area (Å²) < 4.78 is 8.39. The number of carbonyl (C=O) groups excluding carboxylic acids is 2. The Balaban J connectivity index is 1.69. The lowest BCUT2D eigenvalue weighted by atomic mass is 10.1. The van der Waals surface area contributed by atoms with Crippen LogP contribution < -0.4 is 5.56 Å². The van der Waals surface area contributed by atoms with Crippen molar-refractivity contribution in [1.29, 1.82) is 0 Å². The van der Waals surface area contributed by atoms with E-state index in [9.17, 15) is 14.4 Å². The SMILES string of the molecule is CCOC(=O)c1sc2ncn(CC(=O)c3cc(C)n(-c4ccccc4)c3C)c(=O)c2c1C. The van der Waals surface area contributed by atoms with E-state index in [-0.39, 0.29) is 24.5 Å². The molecule has 4 rings (SSSR count). The molecule has 0 aliphatic heterocycles. The van der Waals surface area contributed by atoms with Crippen molar-refractivity contribution in [2.75, 3.05) is 6.61 Å². The van der Waals surface area contributed by atoms with Crippen molar-refractivity contribution in [2.45, 2.75) is 34.2 Å². The van der Waals surface area contributed by atoms with Gasteiger partial charge in [-0.1, -0.05) is 18.2 Å². The zero-order valence-electron chi connectivity index (χ0n) is 18.3. The molecule has 0 fully saturated rings. The first kappa shape index (κ1) is 21.7. The van der Waals surface area contributed by atoms with Gasteiger partial charge in [0.2, 0.25) is 0 Å². The third kappa shape index (κ3) is 3.67. The Morgan fingerprint density at radius 1 is 1.12 bits per heavy atom. The van der Waals surface area contributed by atoms with Gasteiger partial charge in [0, 0.05) is 22.6 Å². The summed E-state index contributed by atoms with van der Waals surface area (Å²) in [6.07, 6.45) is 1.36. The molecule has 0 spiro atoms. The van der Waals surface area contributed by atoms with Gasteiger partial charge in [0.15, 0.2) is 5.78 Å². The molecule has 0 bridgehead atoms. The van der Waals surface area contributed by atoms with E-state index in [0.29, 0.717) is 26.2 Å². The summed E-state index contributed by atoms with van der Waals surface area (Å²) in [6.45, 7) is 7.39. The Morgan fingerprint density at radius 3 is 2.53 bits per heavy atom. The van der Waals surface area contributed by atoms with Crippen LogP contribution in [-0.4, -0.2) is 32.5 Å². The highest BCUT2D eigenvalue weighted by atomic mass is 32.1. The van der Waals surface area contributed by atoms with E-state index in [1.54, 1.807) is 13.8 Å². The lowest BCUT2D eigenvalue weighted by Gasteiger charge is -2.10. The number of fused-ring (bicyclic) bond motifs is 1. The van der Waals surface area contributed by atoms with E-state index in [1.165, 1.54) is 10.9 Å². The molecular formula is C24H23N3O4S. The number of benzene rings is 1. The van der Waals surface area contributed by atoms with E-state index >= 15 is 0 Å². The van der Waals surface area contributed by atoms with Gasteiger partial charge in [-0.15, -0.1) is 11.3 Å². The van der Waals surface area contributed by atoms with E-state index in [4.69, 9.17) is 4.74 Å². The third-order valence-corrected chi connectivity index (χ3v) is 6.62. The van der Waals surface area contributed by atoms with Gasteiger partial charge in [0.05, 0.1) is 24.9 Å². The van der Waals surface area contributed by atoms with Gasteiger partial charge in [0.25, 0.3) is 5.56 Å². The Kier molecular flexibility index (Phi) is 5.80. The fourth-order valence-electron chi connectivity index (χ4n) is 3.92. The summed E-state index contributed by atoms with van der Waals surface area (Å²) in [5, 5.41) is 0.350. The lowest BCUT2D eigenvalue weighted by molar-refractivity contribution is 0.0531. The summed E-state index contributed by atoms with van der Waals surface area (Å²) in [5.41, 5.74) is 3.48. The topological polar surface area (TPSA) is 83.2 Å². The summed E-state index contributed by atoms with van der Waals surface area (Å²) in [7, 11) is 0. The predicted octanol–water partition coefficient (Wildman–Crippen LogP) is 4.23. The number of Topliss-reactive ketones (excluding diaryl/α,β-unsaturated/α-hetero) is 1.